The summed E-state index contributed by atoms with van der Waals surface area (Å²) in [6.07, 6.45) is 5.20. The molecule has 162 valence electrons. The number of sulfonamides is 1. The number of para-hydroxylation sites is 1. The lowest BCUT2D eigenvalue weighted by atomic mass is 10.1. The van der Waals surface area contributed by atoms with Crippen LogP contribution < -0.4 is 10.0 Å². The molecule has 0 atom stereocenters. The smallest absolute Gasteiger partial charge is 0.261 e. The van der Waals surface area contributed by atoms with Crippen molar-refractivity contribution in [1.82, 2.24) is 14.9 Å². The second-order valence-electron chi connectivity index (χ2n) is 6.89. The van der Waals surface area contributed by atoms with Crippen LogP contribution >= 0.6 is 11.6 Å². The summed E-state index contributed by atoms with van der Waals surface area (Å²) in [6.45, 7) is 0.299. The number of anilines is 1. The van der Waals surface area contributed by atoms with Crippen LogP contribution in [0.2, 0.25) is 5.02 Å². The predicted molar refractivity (Wildman–Crippen MR) is 123 cm³/mol. The normalized spacial score (nSPS) is 11.2. The molecule has 0 aliphatic heterocycles. The first-order valence-electron chi connectivity index (χ1n) is 9.66. The van der Waals surface area contributed by atoms with Gasteiger partial charge in [0.25, 0.3) is 15.9 Å². The number of benzene rings is 3. The summed E-state index contributed by atoms with van der Waals surface area (Å²) in [5.74, 6) is -0.329. The van der Waals surface area contributed by atoms with Gasteiger partial charge in [-0.05, 0) is 42.0 Å². The minimum absolute atomic E-state index is 0.120. The summed E-state index contributed by atoms with van der Waals surface area (Å²) < 4.78 is 29.3. The van der Waals surface area contributed by atoms with Crippen molar-refractivity contribution >= 4 is 33.2 Å². The SMILES string of the molecule is O=C(NCc1ccccc1-n1ccnc1)c1ccc(NS(=O)(=O)c2ccccc2)c(Cl)c1. The quantitative estimate of drug-likeness (QED) is 0.425. The molecule has 7 nitrogen and oxygen atoms in total. The van der Waals surface area contributed by atoms with Gasteiger partial charge in [-0.3, -0.25) is 9.52 Å². The molecule has 0 fully saturated rings. The third-order valence-corrected chi connectivity index (χ3v) is 6.44. The molecule has 2 N–H and O–H groups in total. The Bertz CT molecular complexity index is 1340. The molecular weight excluding hydrogens is 448 g/mol. The number of halogens is 1. The zero-order valence-corrected chi connectivity index (χ0v) is 18.3. The van der Waals surface area contributed by atoms with Crippen molar-refractivity contribution in [3.05, 3.63) is 108 Å². The number of carbonyl (C=O) groups is 1. The Morgan fingerprint density at radius 3 is 2.47 bits per heavy atom. The number of imidazole rings is 1. The number of nitrogens with one attached hydrogen (secondary N) is 2. The maximum Gasteiger partial charge on any atom is 0.261 e. The Balaban J connectivity index is 1.46. The maximum atomic E-state index is 12.7. The highest BCUT2D eigenvalue weighted by Gasteiger charge is 2.16. The number of aromatic nitrogens is 2. The number of carbonyl (C=O) groups excluding carboxylic acids is 1. The molecule has 0 spiro atoms. The highest BCUT2D eigenvalue weighted by Crippen LogP contribution is 2.26. The summed E-state index contributed by atoms with van der Waals surface area (Å²) in [7, 11) is -3.78. The van der Waals surface area contributed by atoms with Gasteiger partial charge in [-0.25, -0.2) is 13.4 Å². The summed E-state index contributed by atoms with van der Waals surface area (Å²) in [5, 5.41) is 2.99. The second kappa shape index (κ2) is 9.25. The van der Waals surface area contributed by atoms with Crippen LogP contribution in [-0.2, 0) is 16.6 Å². The highest BCUT2D eigenvalue weighted by molar-refractivity contribution is 7.92. The van der Waals surface area contributed by atoms with Gasteiger partial charge in [-0.2, -0.15) is 0 Å². The van der Waals surface area contributed by atoms with Crippen molar-refractivity contribution in [2.45, 2.75) is 11.4 Å². The molecule has 0 bridgehead atoms. The Morgan fingerprint density at radius 1 is 1.00 bits per heavy atom. The average molecular weight is 467 g/mol. The second-order valence-corrected chi connectivity index (χ2v) is 8.98. The van der Waals surface area contributed by atoms with Gasteiger partial charge in [0, 0.05) is 24.5 Å². The fraction of sp³-hybridized carbons (Fsp3) is 0.0435. The van der Waals surface area contributed by atoms with E-state index in [-0.39, 0.29) is 21.5 Å². The maximum absolute atomic E-state index is 12.7. The largest absolute Gasteiger partial charge is 0.348 e. The summed E-state index contributed by atoms with van der Waals surface area (Å²) >= 11 is 6.26. The first kappa shape index (κ1) is 21.6. The Kier molecular flexibility index (Phi) is 6.25. The van der Waals surface area contributed by atoms with Gasteiger partial charge in [0.1, 0.15) is 0 Å². The van der Waals surface area contributed by atoms with Crippen molar-refractivity contribution in [2.24, 2.45) is 0 Å². The summed E-state index contributed by atoms with van der Waals surface area (Å²) in [5.41, 5.74) is 2.33. The molecule has 0 radical (unpaired) electrons. The van der Waals surface area contributed by atoms with Crippen molar-refractivity contribution in [3.63, 3.8) is 0 Å². The van der Waals surface area contributed by atoms with Crippen molar-refractivity contribution in [3.8, 4) is 5.69 Å². The fourth-order valence-corrected chi connectivity index (χ4v) is 4.52. The summed E-state index contributed by atoms with van der Waals surface area (Å²) in [6, 6.07) is 20.1. The molecule has 9 heteroatoms. The molecule has 0 saturated heterocycles. The van der Waals surface area contributed by atoms with E-state index in [0.29, 0.717) is 12.1 Å². The molecule has 3 aromatic carbocycles. The van der Waals surface area contributed by atoms with Gasteiger partial charge in [-0.1, -0.05) is 48.0 Å². The van der Waals surface area contributed by atoms with Crippen LogP contribution in [0.5, 0.6) is 0 Å². The Labute approximate surface area is 190 Å². The van der Waals surface area contributed by atoms with Gasteiger partial charge >= 0.3 is 0 Å². The van der Waals surface area contributed by atoms with Crippen LogP contribution in [-0.4, -0.2) is 23.9 Å². The molecular formula is C23H19ClN4O3S. The van der Waals surface area contributed by atoms with Gasteiger partial charge in [-0.15, -0.1) is 0 Å². The molecule has 0 aliphatic rings. The van der Waals surface area contributed by atoms with Crippen LogP contribution in [0.25, 0.3) is 5.69 Å². The van der Waals surface area contributed by atoms with Gasteiger partial charge in [0.05, 0.1) is 27.6 Å². The lowest BCUT2D eigenvalue weighted by Gasteiger charge is -2.13. The predicted octanol–water partition coefficient (Wildman–Crippen LogP) is 4.26. The molecule has 32 heavy (non-hydrogen) atoms. The molecule has 0 saturated carbocycles. The Hall–Kier alpha value is -3.62. The van der Waals surface area contributed by atoms with Gasteiger partial charge in [0.2, 0.25) is 0 Å². The van der Waals surface area contributed by atoms with Crippen molar-refractivity contribution in [1.29, 1.82) is 0 Å². The van der Waals surface area contributed by atoms with E-state index < -0.39 is 10.0 Å². The van der Waals surface area contributed by atoms with Crippen molar-refractivity contribution < 1.29 is 13.2 Å². The molecule has 0 aliphatic carbocycles. The van der Waals surface area contributed by atoms with E-state index in [9.17, 15) is 13.2 Å². The lowest BCUT2D eigenvalue weighted by molar-refractivity contribution is 0.0951. The average Bonchev–Trinajstić information content (AvgIpc) is 3.34. The van der Waals surface area contributed by atoms with E-state index in [2.05, 4.69) is 15.0 Å². The van der Waals surface area contributed by atoms with E-state index in [1.54, 1.807) is 30.7 Å². The minimum Gasteiger partial charge on any atom is -0.348 e. The number of rotatable bonds is 7. The first-order valence-corrected chi connectivity index (χ1v) is 11.5. The standard InChI is InChI=1S/C23H19ClN4O3S/c24-20-14-17(10-11-21(20)27-32(30,31)19-7-2-1-3-8-19)23(29)26-15-18-6-4-5-9-22(18)28-13-12-25-16-28/h1-14,16,27H,15H2,(H,26,29). The van der Waals surface area contributed by atoms with E-state index in [4.69, 9.17) is 11.6 Å². The molecule has 0 unspecified atom stereocenters. The number of nitrogens with zero attached hydrogens (tertiary/aromatic N) is 2. The van der Waals surface area contributed by atoms with Crippen LogP contribution in [0.4, 0.5) is 5.69 Å². The first-order chi connectivity index (χ1) is 15.4. The summed E-state index contributed by atoms with van der Waals surface area (Å²) in [4.78, 5) is 16.8. The molecule has 4 rings (SSSR count). The molecule has 4 aromatic rings. The number of amides is 1. The minimum atomic E-state index is -3.78. The zero-order valence-electron chi connectivity index (χ0n) is 16.8. The third-order valence-electron chi connectivity index (χ3n) is 4.74. The molecule has 1 amide bonds. The van der Waals surface area contributed by atoms with E-state index in [1.165, 1.54) is 30.3 Å². The zero-order chi connectivity index (χ0) is 22.6. The van der Waals surface area contributed by atoms with Crippen molar-refractivity contribution in [2.75, 3.05) is 4.72 Å². The molecule has 1 heterocycles. The number of hydrogen-bond donors (Lipinski definition) is 2. The molecule has 1 aromatic heterocycles. The third kappa shape index (κ3) is 4.82. The van der Waals surface area contributed by atoms with Gasteiger partial charge < -0.3 is 9.88 Å². The number of hydrogen-bond acceptors (Lipinski definition) is 4. The van der Waals surface area contributed by atoms with Crippen LogP contribution in [0, 0.1) is 0 Å². The monoisotopic (exact) mass is 466 g/mol. The van der Waals surface area contributed by atoms with Crippen LogP contribution in [0.15, 0.2) is 96.4 Å². The van der Waals surface area contributed by atoms with E-state index >= 15 is 0 Å². The van der Waals surface area contributed by atoms with Crippen LogP contribution in [0.3, 0.4) is 0 Å². The lowest BCUT2D eigenvalue weighted by Crippen LogP contribution is -2.23. The van der Waals surface area contributed by atoms with Crippen LogP contribution in [0.1, 0.15) is 15.9 Å². The van der Waals surface area contributed by atoms with Gasteiger partial charge in [0.15, 0.2) is 0 Å². The van der Waals surface area contributed by atoms with E-state index in [0.717, 1.165) is 11.3 Å². The topological polar surface area (TPSA) is 93.1 Å². The fourth-order valence-electron chi connectivity index (χ4n) is 3.13. The Morgan fingerprint density at radius 2 is 1.75 bits per heavy atom. The van der Waals surface area contributed by atoms with E-state index in [1.807, 2.05) is 35.0 Å². The highest BCUT2D eigenvalue weighted by atomic mass is 35.5.